The van der Waals surface area contributed by atoms with Gasteiger partial charge < -0.3 is 10.6 Å². The highest BCUT2D eigenvalue weighted by Gasteiger charge is 2.17. The number of carbonyl (C=O) groups is 1. The number of benzene rings is 1. The van der Waals surface area contributed by atoms with Crippen molar-refractivity contribution in [2.75, 3.05) is 11.6 Å². The average molecular weight is 398 g/mol. The number of amides is 1. The molecule has 1 amide bonds. The maximum Gasteiger partial charge on any atom is 0.230 e. The highest BCUT2D eigenvalue weighted by atomic mass is 32.2. The predicted molar refractivity (Wildman–Crippen MR) is 110 cm³/mol. The number of anilines is 1. The van der Waals surface area contributed by atoms with Crippen LogP contribution in [0.2, 0.25) is 0 Å². The van der Waals surface area contributed by atoms with E-state index in [0.717, 1.165) is 28.6 Å². The standard InChI is InChI=1S/C14H14FN3OS2.C3H8.C2H6/c1-20-9-3-2-8(10(15)5-9)4-13(19)18-14-17-11-6-16-7-12(11)21-14;1-3-2;1-2/h2-3,5,16H,4,6-7H2,1H3,(H,17,18,19);3H2,1-2H3;1-2H3. The molecular weight excluding hydrogens is 369 g/mol. The first-order chi connectivity index (χ1) is 12.6. The van der Waals surface area contributed by atoms with Gasteiger partial charge in [0, 0.05) is 22.9 Å². The van der Waals surface area contributed by atoms with Gasteiger partial charge in [0.15, 0.2) is 5.13 Å². The van der Waals surface area contributed by atoms with Gasteiger partial charge in [0.25, 0.3) is 0 Å². The highest BCUT2D eigenvalue weighted by Crippen LogP contribution is 2.26. The van der Waals surface area contributed by atoms with E-state index in [-0.39, 0.29) is 18.1 Å². The van der Waals surface area contributed by atoms with Gasteiger partial charge in [-0.05, 0) is 24.0 Å². The number of rotatable bonds is 4. The fourth-order valence-corrected chi connectivity index (χ4v) is 3.53. The molecule has 1 aliphatic heterocycles. The van der Waals surface area contributed by atoms with Crippen molar-refractivity contribution in [1.29, 1.82) is 0 Å². The zero-order valence-electron chi connectivity index (χ0n) is 16.1. The van der Waals surface area contributed by atoms with E-state index < -0.39 is 0 Å². The Hall–Kier alpha value is -1.44. The molecule has 2 N–H and O–H groups in total. The molecule has 26 heavy (non-hydrogen) atoms. The van der Waals surface area contributed by atoms with Crippen LogP contribution >= 0.6 is 23.1 Å². The zero-order chi connectivity index (χ0) is 19.5. The lowest BCUT2D eigenvalue weighted by Gasteiger charge is -2.05. The van der Waals surface area contributed by atoms with Crippen molar-refractivity contribution < 1.29 is 9.18 Å². The smallest absolute Gasteiger partial charge is 0.230 e. The second-order valence-electron chi connectivity index (χ2n) is 5.38. The summed E-state index contributed by atoms with van der Waals surface area (Å²) in [6.07, 6.45) is 3.15. The van der Waals surface area contributed by atoms with E-state index in [4.69, 9.17) is 0 Å². The molecule has 1 aliphatic rings. The van der Waals surface area contributed by atoms with Gasteiger partial charge in [-0.3, -0.25) is 4.79 Å². The summed E-state index contributed by atoms with van der Waals surface area (Å²) >= 11 is 2.94. The van der Waals surface area contributed by atoms with Crippen molar-refractivity contribution in [3.8, 4) is 0 Å². The van der Waals surface area contributed by atoms with Crippen molar-refractivity contribution in [3.63, 3.8) is 0 Å². The van der Waals surface area contributed by atoms with E-state index in [2.05, 4.69) is 29.5 Å². The lowest BCUT2D eigenvalue weighted by Crippen LogP contribution is -2.15. The van der Waals surface area contributed by atoms with Gasteiger partial charge in [-0.15, -0.1) is 23.1 Å². The lowest BCUT2D eigenvalue weighted by atomic mass is 10.1. The summed E-state index contributed by atoms with van der Waals surface area (Å²) < 4.78 is 13.9. The molecule has 2 aromatic rings. The molecule has 0 aliphatic carbocycles. The lowest BCUT2D eigenvalue weighted by molar-refractivity contribution is -0.115. The van der Waals surface area contributed by atoms with Crippen LogP contribution in [0.4, 0.5) is 9.52 Å². The van der Waals surface area contributed by atoms with E-state index >= 15 is 0 Å². The zero-order valence-corrected chi connectivity index (χ0v) is 17.7. The molecule has 2 heterocycles. The Bertz CT molecular complexity index is 683. The average Bonchev–Trinajstić information content (AvgIpc) is 3.20. The summed E-state index contributed by atoms with van der Waals surface area (Å²) in [5, 5.41) is 6.52. The minimum atomic E-state index is -0.345. The van der Waals surface area contributed by atoms with Crippen LogP contribution in [0.5, 0.6) is 0 Å². The molecular formula is C19H28FN3OS2. The molecule has 0 unspecified atom stereocenters. The molecule has 0 atom stereocenters. The quantitative estimate of drug-likeness (QED) is 0.694. The van der Waals surface area contributed by atoms with Gasteiger partial charge in [-0.2, -0.15) is 0 Å². The first-order valence-corrected chi connectivity index (χ1v) is 10.9. The molecule has 3 rings (SSSR count). The highest BCUT2D eigenvalue weighted by molar-refractivity contribution is 7.98. The summed E-state index contributed by atoms with van der Waals surface area (Å²) in [4.78, 5) is 18.3. The summed E-state index contributed by atoms with van der Waals surface area (Å²) in [5.74, 6) is -0.589. The van der Waals surface area contributed by atoms with Crippen LogP contribution < -0.4 is 10.6 Å². The monoisotopic (exact) mass is 397 g/mol. The number of nitrogens with one attached hydrogen (secondary N) is 2. The van der Waals surface area contributed by atoms with Crippen LogP contribution in [-0.2, 0) is 24.3 Å². The van der Waals surface area contributed by atoms with Crippen LogP contribution in [0, 0.1) is 5.82 Å². The number of thioether (sulfide) groups is 1. The molecule has 0 saturated carbocycles. The molecule has 0 fully saturated rings. The fourth-order valence-electron chi connectivity index (χ4n) is 2.14. The number of thiazole rings is 1. The van der Waals surface area contributed by atoms with Gasteiger partial charge in [-0.1, -0.05) is 40.2 Å². The van der Waals surface area contributed by atoms with Crippen LogP contribution in [0.25, 0.3) is 0 Å². The Morgan fingerprint density at radius 2 is 2.04 bits per heavy atom. The third kappa shape index (κ3) is 6.70. The van der Waals surface area contributed by atoms with Gasteiger partial charge >= 0.3 is 0 Å². The van der Waals surface area contributed by atoms with E-state index in [0.29, 0.717) is 10.7 Å². The number of nitrogens with zero attached hydrogens (tertiary/aromatic N) is 1. The minimum absolute atomic E-state index is 0.0169. The number of aromatic nitrogens is 1. The molecule has 0 bridgehead atoms. The Balaban J connectivity index is 0.000000615. The number of hydrogen-bond acceptors (Lipinski definition) is 5. The second-order valence-corrected chi connectivity index (χ2v) is 7.35. The van der Waals surface area contributed by atoms with Crippen LogP contribution in [0.3, 0.4) is 0 Å². The third-order valence-electron chi connectivity index (χ3n) is 3.21. The molecule has 7 heteroatoms. The summed E-state index contributed by atoms with van der Waals surface area (Å²) in [5.41, 5.74) is 1.39. The van der Waals surface area contributed by atoms with Crippen molar-refractivity contribution in [3.05, 3.63) is 40.2 Å². The molecule has 1 aromatic heterocycles. The number of carbonyl (C=O) groups excluding carboxylic acids is 1. The Morgan fingerprint density at radius 1 is 1.35 bits per heavy atom. The first-order valence-electron chi connectivity index (χ1n) is 8.88. The minimum Gasteiger partial charge on any atom is -0.306 e. The number of hydrogen-bond donors (Lipinski definition) is 2. The van der Waals surface area contributed by atoms with Gasteiger partial charge in [-0.25, -0.2) is 9.37 Å². The third-order valence-corrected chi connectivity index (χ3v) is 4.95. The van der Waals surface area contributed by atoms with Crippen molar-refractivity contribution in [2.45, 2.75) is 58.5 Å². The second kappa shape index (κ2) is 12.0. The maximum atomic E-state index is 13.9. The molecule has 4 nitrogen and oxygen atoms in total. The largest absolute Gasteiger partial charge is 0.306 e. The van der Waals surface area contributed by atoms with Crippen LogP contribution in [0.1, 0.15) is 50.3 Å². The van der Waals surface area contributed by atoms with Gasteiger partial charge in [0.05, 0.1) is 12.1 Å². The van der Waals surface area contributed by atoms with Gasteiger partial charge in [0.2, 0.25) is 5.91 Å². The predicted octanol–water partition coefficient (Wildman–Crippen LogP) is 5.23. The van der Waals surface area contributed by atoms with E-state index in [1.54, 1.807) is 6.07 Å². The number of halogens is 1. The van der Waals surface area contributed by atoms with E-state index in [9.17, 15) is 9.18 Å². The normalized spacial score (nSPS) is 11.6. The first kappa shape index (κ1) is 22.6. The summed E-state index contributed by atoms with van der Waals surface area (Å²) in [6.45, 7) is 9.79. The maximum absolute atomic E-state index is 13.9. The van der Waals surface area contributed by atoms with E-state index in [1.807, 2.05) is 26.2 Å². The topological polar surface area (TPSA) is 54.0 Å². The summed E-state index contributed by atoms with van der Waals surface area (Å²) in [7, 11) is 0. The Morgan fingerprint density at radius 3 is 2.62 bits per heavy atom. The molecule has 1 aromatic carbocycles. The number of fused-ring (bicyclic) bond motifs is 1. The van der Waals surface area contributed by atoms with Crippen molar-refractivity contribution in [1.82, 2.24) is 10.3 Å². The van der Waals surface area contributed by atoms with Gasteiger partial charge in [0.1, 0.15) is 5.82 Å². The fraction of sp³-hybridized carbons (Fsp3) is 0.474. The Kier molecular flexibility index (Phi) is 10.5. The van der Waals surface area contributed by atoms with Crippen molar-refractivity contribution >= 4 is 34.1 Å². The molecule has 0 radical (unpaired) electrons. The van der Waals surface area contributed by atoms with Crippen LogP contribution in [0.15, 0.2) is 23.1 Å². The van der Waals surface area contributed by atoms with Crippen LogP contribution in [-0.4, -0.2) is 17.1 Å². The Labute approximate surface area is 164 Å². The SMILES string of the molecule is CC.CCC.CSc1ccc(CC(=O)Nc2nc3c(s2)CNC3)c(F)c1. The molecule has 0 saturated heterocycles. The van der Waals surface area contributed by atoms with E-state index in [1.165, 1.54) is 35.6 Å². The summed E-state index contributed by atoms with van der Waals surface area (Å²) in [6, 6.07) is 4.93. The molecule has 0 spiro atoms. The van der Waals surface area contributed by atoms with Crippen molar-refractivity contribution in [2.24, 2.45) is 0 Å². The molecule has 144 valence electrons.